The van der Waals surface area contributed by atoms with E-state index in [1.54, 1.807) is 0 Å². The second kappa shape index (κ2) is 68.4. The summed E-state index contributed by atoms with van der Waals surface area (Å²) in [6, 6.07) is 0. The summed E-state index contributed by atoms with van der Waals surface area (Å²) in [5.41, 5.74) is -5.16. The van der Waals surface area contributed by atoms with E-state index in [1.165, 1.54) is 0 Å². The topological polar surface area (TPSA) is 408 Å². The SMILES string of the molecule is C=CC(=O)OCCCC([O-])(CCCOC(=O)C=C)CCCOC(=O)C=C.C=CC(=O)OCCCC([O-])(CCCOC(=O)C=C)CCCOC(=O)C=C.C=CC(=O)OCCCC([O-])(CCCOC(=O)C=C)CCCOC(=O)C=C.C=CC(=O)OCCCC([O-])(CCCOC(=O)C=C)CCCOC(=O)C=C.[Zr+4]. The van der Waals surface area contributed by atoms with Gasteiger partial charge in [-0.2, -0.15) is 0 Å². The van der Waals surface area contributed by atoms with Crippen molar-refractivity contribution in [2.45, 2.75) is 177 Å². The first-order valence-electron chi connectivity index (χ1n) is 33.8. The van der Waals surface area contributed by atoms with Crippen molar-refractivity contribution in [3.05, 3.63) is 152 Å². The monoisotopic (exact) mass is 1560 g/mol. The van der Waals surface area contributed by atoms with Gasteiger partial charge in [-0.05, 0) is 77.0 Å². The largest absolute Gasteiger partial charge is 4.00 e. The van der Waals surface area contributed by atoms with Crippen molar-refractivity contribution in [1.29, 1.82) is 0 Å². The molecule has 0 heterocycles. The summed E-state index contributed by atoms with van der Waals surface area (Å²) >= 11 is 0. The van der Waals surface area contributed by atoms with Crippen LogP contribution in [-0.2, 0) is 141 Å². The average molecular weight is 1560 g/mol. The molecule has 0 saturated carbocycles. The van der Waals surface area contributed by atoms with Crippen LogP contribution in [0.4, 0.5) is 0 Å². The Bertz CT molecular complexity index is 2080. The Labute approximate surface area is 637 Å². The standard InChI is InChI=1S/4C19H27O7.Zr/c4*1-4-16(20)24-13-7-10-19(23,11-8-14-25-17(21)5-2)12-9-15-26-18(22)6-3;/h4*4-6H,1-3,7-15H2;/q4*-1;+4. The van der Waals surface area contributed by atoms with Crippen LogP contribution in [0.3, 0.4) is 0 Å². The van der Waals surface area contributed by atoms with Gasteiger partial charge in [0.1, 0.15) is 0 Å². The molecule has 0 atom stereocenters. The molecular weight excluding hydrogens is 1450 g/mol. The Hall–Kier alpha value is -8.76. The molecule has 0 radical (unpaired) electrons. The minimum atomic E-state index is -1.29. The molecule has 0 saturated heterocycles. The number of hydrogen-bond acceptors (Lipinski definition) is 28. The first-order chi connectivity index (χ1) is 49.5. The summed E-state index contributed by atoms with van der Waals surface area (Å²) in [4.78, 5) is 132. The quantitative estimate of drug-likeness (QED) is 0.0273. The van der Waals surface area contributed by atoms with Gasteiger partial charge < -0.3 is 77.3 Å². The Kier molecular flexibility index (Phi) is 68.3. The minimum absolute atomic E-state index is 0. The van der Waals surface area contributed by atoms with Gasteiger partial charge >= 0.3 is 97.8 Å². The van der Waals surface area contributed by atoms with Crippen molar-refractivity contribution in [1.82, 2.24) is 0 Å². The predicted octanol–water partition coefficient (Wildman–Crippen LogP) is 6.45. The van der Waals surface area contributed by atoms with Gasteiger partial charge in [0, 0.05) is 72.9 Å². The van der Waals surface area contributed by atoms with Gasteiger partial charge in [-0.25, -0.2) is 57.5 Å². The van der Waals surface area contributed by atoms with E-state index >= 15 is 0 Å². The van der Waals surface area contributed by atoms with E-state index in [1.807, 2.05) is 0 Å². The molecule has 0 bridgehead atoms. The third-order valence-corrected chi connectivity index (χ3v) is 14.3. The normalized spacial score (nSPS) is 10.4. The molecule has 0 unspecified atom stereocenters. The van der Waals surface area contributed by atoms with Gasteiger partial charge in [-0.1, -0.05) is 156 Å². The van der Waals surface area contributed by atoms with E-state index in [9.17, 15) is 78.0 Å². The number of ether oxygens (including phenoxy) is 12. The van der Waals surface area contributed by atoms with Crippen molar-refractivity contribution in [3.63, 3.8) is 0 Å². The fraction of sp³-hybridized carbons (Fsp3) is 0.526. The maximum atomic E-state index is 13.0. The summed E-state index contributed by atoms with van der Waals surface area (Å²) in [7, 11) is 0. The van der Waals surface area contributed by atoms with E-state index in [2.05, 4.69) is 78.9 Å². The van der Waals surface area contributed by atoms with Gasteiger partial charge in [0.25, 0.3) is 0 Å². The van der Waals surface area contributed by atoms with E-state index in [-0.39, 0.29) is 183 Å². The Morgan fingerprint density at radius 2 is 0.248 bits per heavy atom. The van der Waals surface area contributed by atoms with E-state index in [0.29, 0.717) is 77.0 Å². The maximum Gasteiger partial charge on any atom is 4.00 e. The number of carbonyl (C=O) groups excluding carboxylic acids is 12. The van der Waals surface area contributed by atoms with Crippen LogP contribution in [0.1, 0.15) is 154 Å². The van der Waals surface area contributed by atoms with E-state index in [4.69, 9.17) is 56.8 Å². The summed E-state index contributed by atoms with van der Waals surface area (Å²) in [6.45, 7) is 41.1. The number of hydrogen-bond donors (Lipinski definition) is 0. The first-order valence-corrected chi connectivity index (χ1v) is 33.8. The molecule has 0 aliphatic heterocycles. The number of carbonyl (C=O) groups is 12. The zero-order valence-electron chi connectivity index (χ0n) is 60.8. The second-order valence-corrected chi connectivity index (χ2v) is 22.4. The van der Waals surface area contributed by atoms with Gasteiger partial charge in [0.2, 0.25) is 0 Å². The van der Waals surface area contributed by atoms with Crippen LogP contribution in [0.2, 0.25) is 0 Å². The van der Waals surface area contributed by atoms with Crippen LogP contribution >= 0.6 is 0 Å². The Morgan fingerprint density at radius 1 is 0.181 bits per heavy atom. The molecule has 29 heteroatoms. The molecule has 0 aromatic rings. The smallest absolute Gasteiger partial charge is 0.849 e. The zero-order chi connectivity index (χ0) is 79.4. The number of rotatable bonds is 60. The number of esters is 12. The van der Waals surface area contributed by atoms with E-state index < -0.39 is 94.0 Å². The molecule has 0 fully saturated rings. The van der Waals surface area contributed by atoms with Crippen LogP contribution < -0.4 is 20.4 Å². The van der Waals surface area contributed by atoms with Gasteiger partial charge in [-0.3, -0.25) is 0 Å². The molecule has 105 heavy (non-hydrogen) atoms. The minimum Gasteiger partial charge on any atom is -0.849 e. The molecule has 584 valence electrons. The third kappa shape index (κ3) is 66.9. The third-order valence-electron chi connectivity index (χ3n) is 14.3. The van der Waals surface area contributed by atoms with Crippen molar-refractivity contribution in [2.24, 2.45) is 0 Å². The second-order valence-electron chi connectivity index (χ2n) is 22.4. The van der Waals surface area contributed by atoms with Crippen LogP contribution in [-0.4, -0.2) is 173 Å². The zero-order valence-corrected chi connectivity index (χ0v) is 63.3. The molecule has 0 aliphatic carbocycles. The van der Waals surface area contributed by atoms with E-state index in [0.717, 1.165) is 72.9 Å². The summed E-state index contributed by atoms with van der Waals surface area (Å²) in [5.74, 6) is -6.40. The fourth-order valence-corrected chi connectivity index (χ4v) is 9.01. The van der Waals surface area contributed by atoms with Crippen molar-refractivity contribution in [2.75, 3.05) is 79.3 Å². The molecule has 0 rings (SSSR count). The average Bonchev–Trinajstić information content (AvgIpc) is 0.922. The van der Waals surface area contributed by atoms with Gasteiger partial charge in [-0.15, -0.1) is 22.4 Å². The van der Waals surface area contributed by atoms with Crippen LogP contribution in [0.15, 0.2) is 152 Å². The maximum absolute atomic E-state index is 13.0. The van der Waals surface area contributed by atoms with Gasteiger partial charge in [0.05, 0.1) is 79.3 Å². The molecule has 0 amide bonds. The molecule has 0 spiro atoms. The van der Waals surface area contributed by atoms with Crippen molar-refractivity contribution < 1.29 is 161 Å². The Balaban J connectivity index is -0.000000422. The molecule has 28 nitrogen and oxygen atoms in total. The fourth-order valence-electron chi connectivity index (χ4n) is 9.01. The van der Waals surface area contributed by atoms with Crippen LogP contribution in [0.25, 0.3) is 0 Å². The summed E-state index contributed by atoms with van der Waals surface area (Å²) < 4.78 is 58.5. The Morgan fingerprint density at radius 3 is 0.305 bits per heavy atom. The van der Waals surface area contributed by atoms with Crippen molar-refractivity contribution in [3.8, 4) is 0 Å². The van der Waals surface area contributed by atoms with Crippen molar-refractivity contribution >= 4 is 71.6 Å². The van der Waals surface area contributed by atoms with Crippen LogP contribution in [0.5, 0.6) is 0 Å². The molecule has 0 N–H and O–H groups in total. The predicted molar refractivity (Wildman–Crippen MR) is 376 cm³/mol. The van der Waals surface area contributed by atoms with Crippen LogP contribution in [0, 0.1) is 0 Å². The molecule has 0 aromatic carbocycles. The first kappa shape index (κ1) is 105. The summed E-state index contributed by atoms with van der Waals surface area (Å²) in [6.07, 6.45) is 21.0. The molecule has 0 aliphatic rings. The molecular formula is C76H108O28Zr. The molecule has 0 aromatic heterocycles. The van der Waals surface area contributed by atoms with Gasteiger partial charge in [0.15, 0.2) is 0 Å². The summed E-state index contributed by atoms with van der Waals surface area (Å²) in [5, 5.41) is 51.9.